The van der Waals surface area contributed by atoms with Crippen LogP contribution in [-0.4, -0.2) is 41.4 Å². The zero-order chi connectivity index (χ0) is 12.7. The lowest BCUT2D eigenvalue weighted by atomic mass is 10.2. The van der Waals surface area contributed by atoms with E-state index in [4.69, 9.17) is 25.1 Å². The number of hydrogen-bond donors (Lipinski definition) is 3. The van der Waals surface area contributed by atoms with Gasteiger partial charge in [-0.3, -0.25) is 0 Å². The highest BCUT2D eigenvalue weighted by atomic mass is 16.7. The number of carboxylic acids is 1. The number of aliphatic hydroxyl groups is 1. The number of aliphatic hydroxyl groups excluding tert-OH is 1. The maximum atomic E-state index is 10.8. The van der Waals surface area contributed by atoms with Crippen LogP contribution in [0.4, 0.5) is 0 Å². The van der Waals surface area contributed by atoms with Crippen LogP contribution < -0.4 is 0 Å². The van der Waals surface area contributed by atoms with E-state index in [9.17, 15) is 4.79 Å². The van der Waals surface area contributed by atoms with Crippen LogP contribution in [0.25, 0.3) is 0 Å². The topological polar surface area (TPSA) is 99.8 Å². The molecule has 3 N–H and O–H groups in total. The summed E-state index contributed by atoms with van der Waals surface area (Å²) in [5.74, 6) is -1.14. The van der Waals surface area contributed by atoms with Crippen molar-refractivity contribution in [2.75, 3.05) is 6.61 Å². The minimum absolute atomic E-state index is 0.0652. The number of hydrogen-bond acceptors (Lipinski definition) is 5. The first-order valence-corrected chi connectivity index (χ1v) is 5.19. The van der Waals surface area contributed by atoms with Gasteiger partial charge in [0.1, 0.15) is 6.26 Å². The molecule has 1 aliphatic rings. The van der Waals surface area contributed by atoms with Gasteiger partial charge in [0.05, 0.1) is 18.3 Å². The molecule has 6 nitrogen and oxygen atoms in total. The molecule has 0 spiro atoms. The molecular formula is C11H15NO5. The molecule has 0 saturated carbocycles. The van der Waals surface area contributed by atoms with Crippen molar-refractivity contribution in [2.45, 2.75) is 25.2 Å². The Bertz CT molecular complexity index is 337. The summed E-state index contributed by atoms with van der Waals surface area (Å²) in [4.78, 5) is 10.8. The van der Waals surface area contributed by atoms with Crippen LogP contribution >= 0.6 is 0 Å². The Morgan fingerprint density at radius 3 is 2.82 bits per heavy atom. The molecule has 17 heavy (non-hydrogen) atoms. The van der Waals surface area contributed by atoms with E-state index in [1.165, 1.54) is 12.2 Å². The van der Waals surface area contributed by atoms with Gasteiger partial charge in [0.15, 0.2) is 6.29 Å². The third-order valence-electron chi connectivity index (χ3n) is 2.24. The number of rotatable bonds is 6. The number of carboxylic acid groups (broad SMARTS) is 1. The van der Waals surface area contributed by atoms with Crippen molar-refractivity contribution >= 4 is 12.2 Å². The first-order valence-electron chi connectivity index (χ1n) is 5.19. The maximum absolute atomic E-state index is 10.8. The van der Waals surface area contributed by atoms with E-state index >= 15 is 0 Å². The van der Waals surface area contributed by atoms with E-state index in [1.807, 2.05) is 0 Å². The number of allylic oxidation sites excluding steroid dienone is 1. The van der Waals surface area contributed by atoms with E-state index in [0.29, 0.717) is 12.8 Å². The number of carbonyl (C=O) groups is 1. The van der Waals surface area contributed by atoms with Crippen molar-refractivity contribution in [1.82, 2.24) is 0 Å². The molecule has 0 aromatic carbocycles. The lowest BCUT2D eigenvalue weighted by molar-refractivity contribution is -0.133. The second kappa shape index (κ2) is 6.82. The Kier molecular flexibility index (Phi) is 5.38. The van der Waals surface area contributed by atoms with Gasteiger partial charge in [-0.15, -0.1) is 0 Å². The van der Waals surface area contributed by atoms with Crippen LogP contribution in [0.3, 0.4) is 0 Å². The Morgan fingerprint density at radius 1 is 1.53 bits per heavy atom. The molecule has 0 amide bonds. The summed E-state index contributed by atoms with van der Waals surface area (Å²) in [5, 5.41) is 24.4. The highest BCUT2D eigenvalue weighted by Crippen LogP contribution is 2.20. The monoisotopic (exact) mass is 241 g/mol. The molecule has 0 aliphatic carbocycles. The number of aliphatic carboxylic acids is 1. The van der Waals surface area contributed by atoms with Gasteiger partial charge in [0.25, 0.3) is 0 Å². The predicted octanol–water partition coefficient (Wildman–Crippen LogP) is 0.675. The smallest absolute Gasteiger partial charge is 0.338 e. The van der Waals surface area contributed by atoms with Crippen LogP contribution in [0.1, 0.15) is 12.8 Å². The number of ether oxygens (including phenoxy) is 2. The van der Waals surface area contributed by atoms with Crippen molar-refractivity contribution in [3.8, 4) is 0 Å². The lowest BCUT2D eigenvalue weighted by Gasteiger charge is -2.11. The van der Waals surface area contributed by atoms with Crippen LogP contribution in [0.2, 0.25) is 0 Å². The third kappa shape index (κ3) is 4.38. The summed E-state index contributed by atoms with van der Waals surface area (Å²) >= 11 is 0. The highest BCUT2D eigenvalue weighted by molar-refractivity contribution is 5.90. The fourth-order valence-corrected chi connectivity index (χ4v) is 1.37. The Balaban J connectivity index is 2.52. The largest absolute Gasteiger partial charge is 0.478 e. The zero-order valence-electron chi connectivity index (χ0n) is 9.20. The summed E-state index contributed by atoms with van der Waals surface area (Å²) in [5.41, 5.74) is -0.0652. The first-order chi connectivity index (χ1) is 8.17. The van der Waals surface area contributed by atoms with Gasteiger partial charge in [-0.1, -0.05) is 0 Å². The lowest BCUT2D eigenvalue weighted by Crippen LogP contribution is -2.15. The maximum Gasteiger partial charge on any atom is 0.338 e. The zero-order valence-corrected chi connectivity index (χ0v) is 9.20. The van der Waals surface area contributed by atoms with Gasteiger partial charge < -0.3 is 25.1 Å². The molecular weight excluding hydrogens is 226 g/mol. The Hall–Kier alpha value is -1.66. The van der Waals surface area contributed by atoms with Gasteiger partial charge in [-0.2, -0.15) is 0 Å². The van der Waals surface area contributed by atoms with Gasteiger partial charge in [-0.25, -0.2) is 4.79 Å². The molecule has 94 valence electrons. The van der Waals surface area contributed by atoms with Crippen LogP contribution in [0, 0.1) is 5.41 Å². The molecule has 6 heteroatoms. The molecule has 1 heterocycles. The standard InChI is InChI=1S/C11H15NO5/c12-5-1-2-8(11(14)15)7-16-10-4-3-9(6-13)17-10/h1-2,5,7,9-10,12-13H,3-4,6H2,(H,14,15)/b2-1-,8-7+,12-5?. The molecule has 1 rings (SSSR count). The highest BCUT2D eigenvalue weighted by Gasteiger charge is 2.25. The average Bonchev–Trinajstić information content (AvgIpc) is 2.76. The number of nitrogens with one attached hydrogen (secondary N) is 1. The van der Waals surface area contributed by atoms with E-state index < -0.39 is 12.3 Å². The van der Waals surface area contributed by atoms with Crippen LogP contribution in [0.15, 0.2) is 24.0 Å². The Labute approximate surface area is 98.7 Å². The summed E-state index contributed by atoms with van der Waals surface area (Å²) in [6, 6.07) is 0. The minimum atomic E-state index is -1.14. The quantitative estimate of drug-likeness (QED) is 0.275. The molecule has 0 aromatic heterocycles. The second-order valence-corrected chi connectivity index (χ2v) is 3.49. The molecule has 2 unspecified atom stereocenters. The summed E-state index contributed by atoms with van der Waals surface area (Å²) < 4.78 is 10.4. The molecule has 0 bridgehead atoms. The van der Waals surface area contributed by atoms with E-state index in [2.05, 4.69) is 0 Å². The molecule has 2 atom stereocenters. The predicted molar refractivity (Wildman–Crippen MR) is 59.7 cm³/mol. The molecule has 1 fully saturated rings. The summed E-state index contributed by atoms with van der Waals surface area (Å²) in [7, 11) is 0. The van der Waals surface area contributed by atoms with Gasteiger partial charge >= 0.3 is 5.97 Å². The minimum Gasteiger partial charge on any atom is -0.478 e. The molecule has 1 aliphatic heterocycles. The average molecular weight is 241 g/mol. The third-order valence-corrected chi connectivity index (χ3v) is 2.24. The molecule has 0 aromatic rings. The second-order valence-electron chi connectivity index (χ2n) is 3.49. The van der Waals surface area contributed by atoms with E-state index in [1.54, 1.807) is 0 Å². The SMILES string of the molecule is N=C/C=C\C(=C/OC1CCC(CO)O1)C(=O)O. The van der Waals surface area contributed by atoms with Gasteiger partial charge in [0.2, 0.25) is 0 Å². The van der Waals surface area contributed by atoms with E-state index in [0.717, 1.165) is 12.5 Å². The van der Waals surface area contributed by atoms with Crippen molar-refractivity contribution in [2.24, 2.45) is 0 Å². The van der Waals surface area contributed by atoms with Gasteiger partial charge in [-0.05, 0) is 18.6 Å². The van der Waals surface area contributed by atoms with Gasteiger partial charge in [0, 0.05) is 12.6 Å². The molecule has 0 radical (unpaired) electrons. The van der Waals surface area contributed by atoms with Crippen molar-refractivity contribution in [1.29, 1.82) is 5.41 Å². The van der Waals surface area contributed by atoms with Crippen LogP contribution in [0.5, 0.6) is 0 Å². The fraction of sp³-hybridized carbons (Fsp3) is 0.455. The summed E-state index contributed by atoms with van der Waals surface area (Å²) in [6.07, 6.45) is 5.16. The van der Waals surface area contributed by atoms with Crippen molar-refractivity contribution in [3.63, 3.8) is 0 Å². The van der Waals surface area contributed by atoms with Crippen molar-refractivity contribution < 1.29 is 24.5 Å². The first kappa shape index (κ1) is 13.4. The normalized spacial score (nSPS) is 25.1. The summed E-state index contributed by atoms with van der Waals surface area (Å²) in [6.45, 7) is -0.0664. The fourth-order valence-electron chi connectivity index (χ4n) is 1.37. The molecule has 1 saturated heterocycles. The van der Waals surface area contributed by atoms with Crippen molar-refractivity contribution in [3.05, 3.63) is 24.0 Å². The van der Waals surface area contributed by atoms with Crippen LogP contribution in [-0.2, 0) is 14.3 Å². The Morgan fingerprint density at radius 2 is 2.29 bits per heavy atom. The van der Waals surface area contributed by atoms with E-state index in [-0.39, 0.29) is 18.3 Å².